The number of nitrogens with zero attached hydrogens (tertiary/aromatic N) is 6. The number of carbonyl (C=O) groups is 1. The van der Waals surface area contributed by atoms with Crippen molar-refractivity contribution in [3.8, 4) is 23.7 Å². The Balaban J connectivity index is 1.27. The number of anilines is 2. The summed E-state index contributed by atoms with van der Waals surface area (Å²) in [5.41, 5.74) is 5.57. The van der Waals surface area contributed by atoms with Crippen LogP contribution >= 0.6 is 12.2 Å². The third-order valence-electron chi connectivity index (χ3n) is 13.8. The number of amidine groups is 1. The monoisotopic (exact) mass is 1240 g/mol. The molecule has 0 aliphatic carbocycles. The fourth-order valence-electron chi connectivity index (χ4n) is 9.12. The van der Waals surface area contributed by atoms with Crippen LogP contribution in [0.5, 0.6) is 0 Å². The molecule has 21 nitrogen and oxygen atoms in total. The van der Waals surface area contributed by atoms with E-state index in [1.807, 2.05) is 55.3 Å². The number of benzene rings is 2. The molecule has 3 aliphatic rings. The number of rotatable bonds is 27. The van der Waals surface area contributed by atoms with Gasteiger partial charge in [-0.1, -0.05) is 43.6 Å². The maximum atomic E-state index is 12.6. The fourth-order valence-corrected chi connectivity index (χ4v) is 12.0. The van der Waals surface area contributed by atoms with Crippen LogP contribution in [0.25, 0.3) is 0 Å². The van der Waals surface area contributed by atoms with Crippen molar-refractivity contribution in [1.82, 2.24) is 4.90 Å². The van der Waals surface area contributed by atoms with Gasteiger partial charge in [0.2, 0.25) is 10.0 Å². The summed E-state index contributed by atoms with van der Waals surface area (Å²) < 4.78 is 138. The minimum atomic E-state index is -4.32. The van der Waals surface area contributed by atoms with Gasteiger partial charge in [0.15, 0.2) is 17.9 Å². The molecule has 0 amide bonds. The number of aliphatic imine (C=N–C) groups is 2. The Morgan fingerprint density at radius 2 is 1.42 bits per heavy atom. The third-order valence-corrected chi connectivity index (χ3v) is 18.6. The maximum absolute atomic E-state index is 12.6. The first-order valence-corrected chi connectivity index (χ1v) is 33.9. The van der Waals surface area contributed by atoms with Crippen LogP contribution in [0.15, 0.2) is 118 Å². The van der Waals surface area contributed by atoms with Crippen molar-refractivity contribution < 1.29 is 70.6 Å². The molecule has 0 radical (unpaired) electrons. The Kier molecular flexibility index (Phi) is 22.4. The number of aryl methyl sites for hydroxylation is 1. The first-order chi connectivity index (χ1) is 38.9. The number of hydrogen-bond acceptors (Lipinski definition) is 17. The van der Waals surface area contributed by atoms with E-state index in [4.69, 9.17) is 23.9 Å². The number of sulfonamides is 1. The third kappa shape index (κ3) is 18.9. The highest BCUT2D eigenvalue weighted by molar-refractivity contribution is 7.96. The maximum Gasteiger partial charge on any atom is 0.327 e. The molecule has 0 saturated heterocycles. The van der Waals surface area contributed by atoms with Crippen LogP contribution in [0, 0.1) is 29.1 Å². The highest BCUT2D eigenvalue weighted by Crippen LogP contribution is 2.45. The standard InChI is InChI=1S/C57H70N6O15S5/c1-9-77-53(64)18-11-10-12-32-60-40-45(21-20-44-25-29-48(30-26-44)63(80(8,65)66)34-15-37-82(70,71)72)38-49-54(60)58-51(56(49,3)4)16-13-17-52-57(5,6)50-39-46(41-61(55(50)59-52)35-31-42(2)83(73,74)75)22-19-43-23-27-47(28-24-43)62(79-78-76-7)33-14-36-81(67,68)69/h13,16-17,23-30,38-42H,9-12,14-15,18,31-37H2,1-8H3,(H2-,67,68,69,70,71,72,73,74,75)/p+1. The summed E-state index contributed by atoms with van der Waals surface area (Å²) in [6.45, 7) is 12.6. The molecule has 2 aromatic carbocycles. The lowest BCUT2D eigenvalue weighted by atomic mass is 9.80. The van der Waals surface area contributed by atoms with Gasteiger partial charge in [-0.25, -0.2) is 22.9 Å². The van der Waals surface area contributed by atoms with Crippen LogP contribution in [0.3, 0.4) is 0 Å². The summed E-state index contributed by atoms with van der Waals surface area (Å²) >= 11 is 0.859. The number of allylic oxidation sites excluding steroid dienone is 6. The van der Waals surface area contributed by atoms with E-state index in [0.717, 1.165) is 64.0 Å². The predicted molar refractivity (Wildman–Crippen MR) is 322 cm³/mol. The summed E-state index contributed by atoms with van der Waals surface area (Å²) in [5, 5.41) is -1.05. The fraction of sp³-hybridized carbons (Fsp3) is 0.439. The van der Waals surface area contributed by atoms with Crippen molar-refractivity contribution in [3.05, 3.63) is 130 Å². The van der Waals surface area contributed by atoms with E-state index < -0.39 is 68.0 Å². The van der Waals surface area contributed by atoms with Crippen molar-refractivity contribution in [2.45, 2.75) is 104 Å². The molecular formula is C57H71N6O15S5+. The summed E-state index contributed by atoms with van der Waals surface area (Å²) in [7, 11) is -15.2. The van der Waals surface area contributed by atoms with E-state index in [2.05, 4.69) is 42.1 Å². The molecule has 0 saturated carbocycles. The largest absolute Gasteiger partial charge is 0.466 e. The molecule has 3 N–H and O–H groups in total. The molecule has 0 spiro atoms. The Morgan fingerprint density at radius 1 is 0.807 bits per heavy atom. The van der Waals surface area contributed by atoms with Gasteiger partial charge < -0.3 is 9.64 Å². The molecule has 26 heteroatoms. The molecule has 1 aromatic heterocycles. The lowest BCUT2D eigenvalue weighted by Crippen LogP contribution is -2.35. The van der Waals surface area contributed by atoms with Crippen LogP contribution in [-0.2, 0) is 71.1 Å². The van der Waals surface area contributed by atoms with Gasteiger partial charge in [0.25, 0.3) is 30.4 Å². The van der Waals surface area contributed by atoms with Crippen molar-refractivity contribution in [1.29, 1.82) is 0 Å². The van der Waals surface area contributed by atoms with Gasteiger partial charge in [-0.2, -0.15) is 25.3 Å². The number of ether oxygens (including phenoxy) is 1. The topological polar surface area (TPSA) is 280 Å². The molecule has 0 fully saturated rings. The van der Waals surface area contributed by atoms with E-state index in [-0.39, 0.29) is 44.9 Å². The number of hydrogen-bond donors (Lipinski definition) is 3. The Morgan fingerprint density at radius 3 is 2.02 bits per heavy atom. The second kappa shape index (κ2) is 28.1. The molecule has 83 heavy (non-hydrogen) atoms. The van der Waals surface area contributed by atoms with Gasteiger partial charge in [-0.15, -0.1) is 4.33 Å². The lowest BCUT2D eigenvalue weighted by Gasteiger charge is -2.30. The highest BCUT2D eigenvalue weighted by Gasteiger charge is 2.43. The van der Waals surface area contributed by atoms with Crippen LogP contribution in [-0.4, -0.2) is 126 Å². The number of carbonyl (C=O) groups excluding carboxylic acids is 1. The summed E-state index contributed by atoms with van der Waals surface area (Å²) in [6, 6.07) is 15.7. The number of aromatic nitrogens is 1. The van der Waals surface area contributed by atoms with Crippen LogP contribution in [0.1, 0.15) is 109 Å². The Hall–Kier alpha value is -6.17. The average Bonchev–Trinajstić information content (AvgIpc) is 2.36. The second-order valence-corrected chi connectivity index (χ2v) is 28.5. The number of fused-ring (bicyclic) bond motifs is 2. The molecule has 448 valence electrons. The first kappa shape index (κ1) is 66.0. The minimum absolute atomic E-state index is 0.0934. The van der Waals surface area contributed by atoms with Crippen molar-refractivity contribution in [2.75, 3.05) is 59.7 Å². The molecule has 3 aromatic rings. The smallest absolute Gasteiger partial charge is 0.327 e. The van der Waals surface area contributed by atoms with Crippen LogP contribution in [0.4, 0.5) is 17.2 Å². The molecule has 6 rings (SSSR count). The number of pyridine rings is 1. The molecule has 0 bridgehead atoms. The van der Waals surface area contributed by atoms with E-state index in [9.17, 15) is 52.1 Å². The lowest BCUT2D eigenvalue weighted by molar-refractivity contribution is -0.685. The van der Waals surface area contributed by atoms with Gasteiger partial charge in [0.1, 0.15) is 12.0 Å². The van der Waals surface area contributed by atoms with E-state index in [1.165, 1.54) is 14.0 Å². The van der Waals surface area contributed by atoms with Gasteiger partial charge >= 0.3 is 11.8 Å². The summed E-state index contributed by atoms with van der Waals surface area (Å²) in [5.74, 6) is 13.0. The van der Waals surface area contributed by atoms with Crippen LogP contribution < -0.4 is 13.2 Å². The van der Waals surface area contributed by atoms with E-state index in [0.29, 0.717) is 65.5 Å². The van der Waals surface area contributed by atoms with Crippen molar-refractivity contribution in [2.24, 2.45) is 15.4 Å². The molecule has 1 unspecified atom stereocenters. The van der Waals surface area contributed by atoms with Crippen molar-refractivity contribution >= 4 is 87.3 Å². The van der Waals surface area contributed by atoms with Gasteiger partial charge in [0, 0.05) is 65.6 Å². The SMILES string of the molecule is CCOC(=O)CCCCC[n+]1cc(C#Cc2ccc(N(CCCS(=O)(=O)O)S(C)(=O)=O)cc2)cc2c1N=C(/C=C/C=C1\N=C3C(=CC(C#Cc4ccc(N(CCCS(=O)(=O)O)SOOC)cc4)=CN3CCC(C)S(=O)(=O)O)C1(C)C)C2(C)C. The van der Waals surface area contributed by atoms with Gasteiger partial charge in [-0.3, -0.25) is 27.1 Å². The first-order valence-electron chi connectivity index (χ1n) is 26.6. The molecular weight excluding hydrogens is 1170 g/mol. The summed E-state index contributed by atoms with van der Waals surface area (Å²) in [4.78, 5) is 28.9. The molecule has 3 aliphatic heterocycles. The minimum Gasteiger partial charge on any atom is -0.466 e. The zero-order valence-corrected chi connectivity index (χ0v) is 51.7. The predicted octanol–water partition coefficient (Wildman–Crippen LogP) is 7.85. The Bertz CT molecular complexity index is 3680. The average molecular weight is 1240 g/mol. The second-order valence-electron chi connectivity index (χ2n) is 20.9. The number of unbranched alkanes of at least 4 members (excludes halogenated alkanes) is 2. The molecule has 1 atom stereocenters. The zero-order valence-electron chi connectivity index (χ0n) is 47.6. The number of esters is 1. The van der Waals surface area contributed by atoms with E-state index in [1.54, 1.807) is 66.0 Å². The van der Waals surface area contributed by atoms with Crippen molar-refractivity contribution in [3.63, 3.8) is 0 Å². The van der Waals surface area contributed by atoms with Gasteiger partial charge in [-0.05, 0) is 144 Å². The van der Waals surface area contributed by atoms with Crippen LogP contribution in [0.2, 0.25) is 0 Å². The highest BCUT2D eigenvalue weighted by atomic mass is 32.2. The Labute approximate surface area is 492 Å². The quantitative estimate of drug-likeness (QED) is 0.00754. The van der Waals surface area contributed by atoms with E-state index >= 15 is 0 Å². The zero-order chi connectivity index (χ0) is 61.0. The molecule has 4 heterocycles. The normalized spacial score (nSPS) is 16.4. The van der Waals surface area contributed by atoms with Gasteiger partial charge in [0.05, 0.1) is 71.2 Å². The summed E-state index contributed by atoms with van der Waals surface area (Å²) in [6.07, 6.45) is 15.1.